The summed E-state index contributed by atoms with van der Waals surface area (Å²) in [6.07, 6.45) is 0. The Morgan fingerprint density at radius 1 is 1.05 bits per heavy atom. The first-order valence-electron chi connectivity index (χ1n) is 5.92. The molecule has 5 heteroatoms. The normalized spacial score (nSPS) is 10.1. The van der Waals surface area contributed by atoms with Crippen molar-refractivity contribution < 1.29 is 19.8 Å². The molecule has 0 heterocycles. The van der Waals surface area contributed by atoms with Gasteiger partial charge in [-0.2, -0.15) is 0 Å². The Kier molecular flexibility index (Phi) is 3.70. The zero-order valence-electron chi connectivity index (χ0n) is 10.8. The molecule has 2 aromatic carbocycles. The van der Waals surface area contributed by atoms with Crippen molar-refractivity contribution in [1.82, 2.24) is 0 Å². The second kappa shape index (κ2) is 5.44. The van der Waals surface area contributed by atoms with Gasteiger partial charge in [-0.3, -0.25) is 4.79 Å². The number of aromatic hydroxyl groups is 1. The molecule has 0 spiro atoms. The number of carbonyl (C=O) groups is 2. The lowest BCUT2D eigenvalue weighted by Crippen LogP contribution is -2.15. The Hall–Kier alpha value is -2.82. The topological polar surface area (TPSA) is 86.6 Å². The Morgan fingerprint density at radius 2 is 1.75 bits per heavy atom. The van der Waals surface area contributed by atoms with Gasteiger partial charge in [0.15, 0.2) is 0 Å². The van der Waals surface area contributed by atoms with Gasteiger partial charge in [0.05, 0.1) is 16.8 Å². The van der Waals surface area contributed by atoms with Crippen LogP contribution in [0.25, 0.3) is 0 Å². The number of carboxylic acids is 1. The molecular weight excluding hydrogens is 258 g/mol. The summed E-state index contributed by atoms with van der Waals surface area (Å²) in [5, 5.41) is 21.3. The van der Waals surface area contributed by atoms with E-state index >= 15 is 0 Å². The van der Waals surface area contributed by atoms with E-state index in [9.17, 15) is 14.7 Å². The van der Waals surface area contributed by atoms with Gasteiger partial charge in [-0.05, 0) is 36.8 Å². The van der Waals surface area contributed by atoms with Crippen molar-refractivity contribution in [3.8, 4) is 5.75 Å². The van der Waals surface area contributed by atoms with Gasteiger partial charge >= 0.3 is 5.97 Å². The minimum atomic E-state index is -1.13. The van der Waals surface area contributed by atoms with Crippen LogP contribution in [-0.2, 0) is 0 Å². The van der Waals surface area contributed by atoms with Crippen molar-refractivity contribution in [3.05, 3.63) is 59.2 Å². The van der Waals surface area contributed by atoms with E-state index in [0.29, 0.717) is 0 Å². The number of phenols is 1. The highest BCUT2D eigenvalue weighted by atomic mass is 16.4. The third kappa shape index (κ3) is 2.77. The van der Waals surface area contributed by atoms with Crippen LogP contribution in [0.3, 0.4) is 0 Å². The maximum atomic E-state index is 12.1. The maximum absolute atomic E-state index is 12.1. The third-order valence-electron chi connectivity index (χ3n) is 2.80. The number of hydrogen-bond donors (Lipinski definition) is 3. The number of aromatic carboxylic acids is 1. The lowest BCUT2D eigenvalue weighted by Gasteiger charge is -2.09. The molecule has 5 nitrogen and oxygen atoms in total. The first-order valence-corrected chi connectivity index (χ1v) is 5.92. The van der Waals surface area contributed by atoms with Gasteiger partial charge in [-0.25, -0.2) is 4.79 Å². The van der Waals surface area contributed by atoms with Crippen molar-refractivity contribution in [3.63, 3.8) is 0 Å². The standard InChI is InChI=1S/C15H13NO4/c1-9-6-7-11(13(17)8-9)14(18)16-12-5-3-2-4-10(12)15(19)20/h2-8,17H,1H3,(H,16,18)(H,19,20). The van der Waals surface area contributed by atoms with E-state index in [1.165, 1.54) is 24.3 Å². The first-order chi connectivity index (χ1) is 9.49. The minimum Gasteiger partial charge on any atom is -0.507 e. The molecular formula is C15H13NO4. The Morgan fingerprint density at radius 3 is 2.40 bits per heavy atom. The van der Waals surface area contributed by atoms with Gasteiger partial charge in [-0.1, -0.05) is 18.2 Å². The minimum absolute atomic E-state index is 0.00699. The third-order valence-corrected chi connectivity index (χ3v) is 2.80. The zero-order chi connectivity index (χ0) is 14.7. The van der Waals surface area contributed by atoms with Gasteiger partial charge in [0, 0.05) is 0 Å². The van der Waals surface area contributed by atoms with Gasteiger partial charge in [0.2, 0.25) is 0 Å². The summed E-state index contributed by atoms with van der Waals surface area (Å²) < 4.78 is 0. The second-order valence-electron chi connectivity index (χ2n) is 4.33. The highest BCUT2D eigenvalue weighted by molar-refractivity contribution is 6.09. The SMILES string of the molecule is Cc1ccc(C(=O)Nc2ccccc2C(=O)O)c(O)c1. The monoisotopic (exact) mass is 271 g/mol. The highest BCUT2D eigenvalue weighted by Crippen LogP contribution is 2.21. The zero-order valence-corrected chi connectivity index (χ0v) is 10.8. The predicted molar refractivity (Wildman–Crippen MR) is 74.2 cm³/mol. The quantitative estimate of drug-likeness (QED) is 0.801. The maximum Gasteiger partial charge on any atom is 0.337 e. The largest absolute Gasteiger partial charge is 0.507 e. The fraction of sp³-hybridized carbons (Fsp3) is 0.0667. The molecule has 0 saturated carbocycles. The number of benzene rings is 2. The van der Waals surface area contributed by atoms with Crippen LogP contribution >= 0.6 is 0 Å². The van der Waals surface area contributed by atoms with Crippen molar-refractivity contribution in [2.45, 2.75) is 6.92 Å². The Balaban J connectivity index is 2.30. The number of aryl methyl sites for hydroxylation is 1. The van der Waals surface area contributed by atoms with Gasteiger partial charge in [-0.15, -0.1) is 0 Å². The van der Waals surface area contributed by atoms with E-state index in [4.69, 9.17) is 5.11 Å². The van der Waals surface area contributed by atoms with Crippen LogP contribution in [0.4, 0.5) is 5.69 Å². The van der Waals surface area contributed by atoms with E-state index < -0.39 is 11.9 Å². The average molecular weight is 271 g/mol. The lowest BCUT2D eigenvalue weighted by atomic mass is 10.1. The molecule has 3 N–H and O–H groups in total. The number of nitrogens with one attached hydrogen (secondary N) is 1. The highest BCUT2D eigenvalue weighted by Gasteiger charge is 2.15. The molecule has 2 aromatic rings. The molecule has 102 valence electrons. The molecule has 0 aliphatic rings. The number of rotatable bonds is 3. The fourth-order valence-corrected chi connectivity index (χ4v) is 1.80. The number of carboxylic acid groups (broad SMARTS) is 1. The summed E-state index contributed by atoms with van der Waals surface area (Å²) in [4.78, 5) is 23.1. The Labute approximate surface area is 115 Å². The number of hydrogen-bond acceptors (Lipinski definition) is 3. The van der Waals surface area contributed by atoms with Crippen LogP contribution in [0, 0.1) is 6.92 Å². The number of carbonyl (C=O) groups excluding carboxylic acids is 1. The summed E-state index contributed by atoms with van der Waals surface area (Å²) in [6.45, 7) is 1.79. The van der Waals surface area contributed by atoms with E-state index in [1.807, 2.05) is 0 Å². The van der Waals surface area contributed by atoms with Crippen molar-refractivity contribution in [1.29, 1.82) is 0 Å². The molecule has 0 saturated heterocycles. The van der Waals surface area contributed by atoms with Crippen LogP contribution in [0.5, 0.6) is 5.75 Å². The molecule has 1 amide bonds. The molecule has 0 unspecified atom stereocenters. The van der Waals surface area contributed by atoms with Crippen LogP contribution < -0.4 is 5.32 Å². The van der Waals surface area contributed by atoms with Crippen LogP contribution in [-0.4, -0.2) is 22.1 Å². The van der Waals surface area contributed by atoms with E-state index in [2.05, 4.69) is 5.32 Å². The second-order valence-corrected chi connectivity index (χ2v) is 4.33. The number of amides is 1. The molecule has 0 atom stereocenters. The molecule has 0 aliphatic heterocycles. The summed E-state index contributed by atoms with van der Waals surface area (Å²) in [7, 11) is 0. The molecule has 0 aromatic heterocycles. The summed E-state index contributed by atoms with van der Waals surface area (Å²) in [5.41, 5.74) is 1.10. The van der Waals surface area contributed by atoms with E-state index in [1.54, 1.807) is 25.1 Å². The molecule has 0 aliphatic carbocycles. The molecule has 0 radical (unpaired) electrons. The smallest absolute Gasteiger partial charge is 0.337 e. The summed E-state index contributed by atoms with van der Waals surface area (Å²) in [6, 6.07) is 10.7. The predicted octanol–water partition coefficient (Wildman–Crippen LogP) is 2.65. The molecule has 0 fully saturated rings. The van der Waals surface area contributed by atoms with E-state index in [0.717, 1.165) is 5.56 Å². The van der Waals surface area contributed by atoms with Crippen molar-refractivity contribution in [2.75, 3.05) is 5.32 Å². The lowest BCUT2D eigenvalue weighted by molar-refractivity contribution is 0.0698. The van der Waals surface area contributed by atoms with Crippen LogP contribution in [0.1, 0.15) is 26.3 Å². The van der Waals surface area contributed by atoms with Crippen molar-refractivity contribution in [2.24, 2.45) is 0 Å². The molecule has 2 rings (SSSR count). The first kappa shape index (κ1) is 13.6. The van der Waals surface area contributed by atoms with Crippen molar-refractivity contribution >= 4 is 17.6 Å². The van der Waals surface area contributed by atoms with Gasteiger partial charge < -0.3 is 15.5 Å². The summed E-state index contributed by atoms with van der Waals surface area (Å²) >= 11 is 0. The van der Waals surface area contributed by atoms with Gasteiger partial charge in [0.1, 0.15) is 5.75 Å². The molecule has 0 bridgehead atoms. The van der Waals surface area contributed by atoms with E-state index in [-0.39, 0.29) is 22.6 Å². The number of anilines is 1. The Bertz CT molecular complexity index is 679. The summed E-state index contributed by atoms with van der Waals surface area (Å²) in [5.74, 6) is -1.83. The average Bonchev–Trinajstić information content (AvgIpc) is 2.38. The number of para-hydroxylation sites is 1. The van der Waals surface area contributed by atoms with Crippen LogP contribution in [0.15, 0.2) is 42.5 Å². The number of phenolic OH excluding ortho intramolecular Hbond substituents is 1. The fourth-order valence-electron chi connectivity index (χ4n) is 1.80. The molecule has 20 heavy (non-hydrogen) atoms. The van der Waals surface area contributed by atoms with Crippen LogP contribution in [0.2, 0.25) is 0 Å². The van der Waals surface area contributed by atoms with Gasteiger partial charge in [0.25, 0.3) is 5.91 Å².